The lowest BCUT2D eigenvalue weighted by Gasteiger charge is -2.09. The molecule has 144 valence electrons. The number of carbonyl (C=O) groups is 2. The molecule has 0 aliphatic heterocycles. The fraction of sp³-hybridized carbons (Fsp3) is 0.150. The monoisotopic (exact) mass is 399 g/mol. The molecule has 0 radical (unpaired) electrons. The molecule has 3 aromatic rings. The minimum Gasteiger partial charge on any atom is -0.459 e. The Labute approximate surface area is 165 Å². The summed E-state index contributed by atoms with van der Waals surface area (Å²) in [6.45, 7) is 0.534. The maximum atomic E-state index is 13.0. The first-order valence-electron chi connectivity index (χ1n) is 8.55. The highest BCUT2D eigenvalue weighted by Gasteiger charge is 2.13. The lowest BCUT2D eigenvalue weighted by atomic mass is 10.2. The van der Waals surface area contributed by atoms with Gasteiger partial charge < -0.3 is 15.1 Å². The van der Waals surface area contributed by atoms with Crippen LogP contribution in [0.15, 0.2) is 70.4 Å². The van der Waals surface area contributed by atoms with E-state index in [2.05, 4.69) is 15.6 Å². The maximum Gasteiger partial charge on any atom is 0.287 e. The van der Waals surface area contributed by atoms with Crippen LogP contribution < -0.4 is 10.6 Å². The third-order valence-electron chi connectivity index (χ3n) is 3.75. The van der Waals surface area contributed by atoms with Crippen molar-refractivity contribution in [1.29, 1.82) is 0 Å². The van der Waals surface area contributed by atoms with E-state index in [-0.39, 0.29) is 36.5 Å². The zero-order valence-corrected chi connectivity index (χ0v) is 15.7. The minimum absolute atomic E-state index is 0.220. The van der Waals surface area contributed by atoms with Crippen molar-refractivity contribution in [2.45, 2.75) is 10.8 Å². The van der Waals surface area contributed by atoms with E-state index in [4.69, 9.17) is 4.42 Å². The first kappa shape index (κ1) is 19.6. The lowest BCUT2D eigenvalue weighted by molar-refractivity contribution is 0.0909. The number of nitrogens with one attached hydrogen (secondary N) is 2. The van der Waals surface area contributed by atoms with Gasteiger partial charge in [0.15, 0.2) is 5.76 Å². The van der Waals surface area contributed by atoms with Crippen LogP contribution in [-0.4, -0.2) is 29.9 Å². The molecular weight excluding hydrogens is 381 g/mol. The summed E-state index contributed by atoms with van der Waals surface area (Å²) in [4.78, 5) is 28.5. The molecule has 0 saturated carbocycles. The summed E-state index contributed by atoms with van der Waals surface area (Å²) >= 11 is 1.40. The fourth-order valence-corrected chi connectivity index (χ4v) is 3.30. The molecule has 28 heavy (non-hydrogen) atoms. The molecule has 0 unspecified atom stereocenters. The maximum absolute atomic E-state index is 13.0. The number of halogens is 1. The number of hydrogen-bond donors (Lipinski definition) is 2. The topological polar surface area (TPSA) is 84.2 Å². The smallest absolute Gasteiger partial charge is 0.287 e. The van der Waals surface area contributed by atoms with Gasteiger partial charge >= 0.3 is 0 Å². The van der Waals surface area contributed by atoms with Crippen LogP contribution in [0.4, 0.5) is 4.39 Å². The van der Waals surface area contributed by atoms with E-state index in [0.717, 1.165) is 5.56 Å². The quantitative estimate of drug-likeness (QED) is 0.449. The third-order valence-corrected chi connectivity index (χ3v) is 4.82. The molecule has 3 rings (SSSR count). The van der Waals surface area contributed by atoms with Crippen molar-refractivity contribution in [3.63, 3.8) is 0 Å². The van der Waals surface area contributed by atoms with Crippen LogP contribution in [0.5, 0.6) is 0 Å². The van der Waals surface area contributed by atoms with Crippen molar-refractivity contribution in [2.75, 3.05) is 13.1 Å². The molecule has 0 spiro atoms. The van der Waals surface area contributed by atoms with Gasteiger partial charge in [0, 0.05) is 25.0 Å². The number of benzene rings is 1. The van der Waals surface area contributed by atoms with Gasteiger partial charge in [-0.1, -0.05) is 12.1 Å². The fourth-order valence-electron chi connectivity index (χ4n) is 2.35. The molecule has 2 aromatic heterocycles. The summed E-state index contributed by atoms with van der Waals surface area (Å²) in [5.41, 5.74) is 1.39. The Bertz CT molecular complexity index is 930. The molecule has 0 aliphatic carbocycles. The molecule has 0 bridgehead atoms. The Kier molecular flexibility index (Phi) is 6.80. The highest BCUT2D eigenvalue weighted by Crippen LogP contribution is 2.24. The minimum atomic E-state index is -0.337. The summed E-state index contributed by atoms with van der Waals surface area (Å²) in [6, 6.07) is 12.8. The largest absolute Gasteiger partial charge is 0.459 e. The van der Waals surface area contributed by atoms with Crippen LogP contribution in [0.2, 0.25) is 0 Å². The molecule has 1 aromatic carbocycles. The number of hydrogen-bond acceptors (Lipinski definition) is 5. The van der Waals surface area contributed by atoms with Gasteiger partial charge in [-0.2, -0.15) is 0 Å². The number of rotatable bonds is 8. The SMILES string of the molecule is O=C(NCCNC(=O)c1cccnc1SCc1ccc(F)cc1)c1ccco1. The number of pyridine rings is 1. The Morgan fingerprint density at radius 1 is 1.00 bits per heavy atom. The number of furan rings is 1. The zero-order chi connectivity index (χ0) is 19.8. The van der Waals surface area contributed by atoms with E-state index in [1.54, 1.807) is 42.6 Å². The molecule has 0 aliphatic rings. The number of amides is 2. The van der Waals surface area contributed by atoms with Crippen molar-refractivity contribution in [3.8, 4) is 0 Å². The second kappa shape index (κ2) is 9.70. The van der Waals surface area contributed by atoms with Crippen molar-refractivity contribution < 1.29 is 18.4 Å². The van der Waals surface area contributed by atoms with Gasteiger partial charge in [0.1, 0.15) is 10.8 Å². The van der Waals surface area contributed by atoms with Crippen LogP contribution in [0.1, 0.15) is 26.5 Å². The van der Waals surface area contributed by atoms with E-state index < -0.39 is 0 Å². The predicted molar refractivity (Wildman–Crippen MR) is 104 cm³/mol. The highest BCUT2D eigenvalue weighted by molar-refractivity contribution is 7.98. The molecular formula is C20H18FN3O3S. The van der Waals surface area contributed by atoms with E-state index in [9.17, 15) is 14.0 Å². The van der Waals surface area contributed by atoms with Crippen LogP contribution in [-0.2, 0) is 5.75 Å². The second-order valence-corrected chi connectivity index (χ2v) is 6.72. The molecule has 2 N–H and O–H groups in total. The molecule has 0 fully saturated rings. The normalized spacial score (nSPS) is 10.5. The first-order chi connectivity index (χ1) is 13.6. The lowest BCUT2D eigenvalue weighted by Crippen LogP contribution is -2.34. The van der Waals surface area contributed by atoms with Crippen molar-refractivity contribution in [2.24, 2.45) is 0 Å². The highest BCUT2D eigenvalue weighted by atomic mass is 32.2. The standard InChI is InChI=1S/C20H18FN3O3S/c21-15-7-5-14(6-8-15)13-28-20-16(3-1-9-24-20)18(25)22-10-11-23-19(26)17-4-2-12-27-17/h1-9,12H,10-11,13H2,(H,22,25)(H,23,26). The van der Waals surface area contributed by atoms with Crippen molar-refractivity contribution >= 4 is 23.6 Å². The van der Waals surface area contributed by atoms with Crippen molar-refractivity contribution in [3.05, 3.63) is 83.7 Å². The predicted octanol–water partition coefficient (Wildman–Crippen LogP) is 3.27. The van der Waals surface area contributed by atoms with E-state index in [0.29, 0.717) is 16.3 Å². The number of carbonyl (C=O) groups excluding carboxylic acids is 2. The van der Waals surface area contributed by atoms with E-state index in [1.807, 2.05) is 0 Å². The Morgan fingerprint density at radius 2 is 1.75 bits per heavy atom. The van der Waals surface area contributed by atoms with Gasteiger partial charge in [0.2, 0.25) is 0 Å². The summed E-state index contributed by atoms with van der Waals surface area (Å²) in [6.07, 6.45) is 3.04. The van der Waals surface area contributed by atoms with Crippen LogP contribution in [0.3, 0.4) is 0 Å². The van der Waals surface area contributed by atoms with E-state index >= 15 is 0 Å². The molecule has 8 heteroatoms. The molecule has 2 heterocycles. The summed E-state index contributed by atoms with van der Waals surface area (Å²) in [5.74, 6) is -0.112. The van der Waals surface area contributed by atoms with Crippen LogP contribution in [0.25, 0.3) is 0 Å². The molecule has 2 amide bonds. The number of thioether (sulfide) groups is 1. The summed E-state index contributed by atoms with van der Waals surface area (Å²) < 4.78 is 18.0. The number of aromatic nitrogens is 1. The molecule has 6 nitrogen and oxygen atoms in total. The van der Waals surface area contributed by atoms with Gasteiger partial charge in [0.05, 0.1) is 11.8 Å². The van der Waals surface area contributed by atoms with Gasteiger partial charge in [-0.15, -0.1) is 11.8 Å². The summed E-state index contributed by atoms with van der Waals surface area (Å²) in [5, 5.41) is 6.00. The summed E-state index contributed by atoms with van der Waals surface area (Å²) in [7, 11) is 0. The number of nitrogens with zero attached hydrogens (tertiary/aromatic N) is 1. The molecule has 0 saturated heterocycles. The van der Waals surface area contributed by atoms with Crippen LogP contribution in [0, 0.1) is 5.82 Å². The van der Waals surface area contributed by atoms with Gasteiger partial charge in [-0.3, -0.25) is 9.59 Å². The van der Waals surface area contributed by atoms with Gasteiger partial charge in [-0.05, 0) is 42.0 Å². The average molecular weight is 399 g/mol. The Balaban J connectivity index is 1.50. The van der Waals surface area contributed by atoms with Gasteiger partial charge in [0.25, 0.3) is 11.8 Å². The average Bonchev–Trinajstić information content (AvgIpc) is 3.26. The first-order valence-corrected chi connectivity index (χ1v) is 9.54. The Morgan fingerprint density at radius 3 is 2.46 bits per heavy atom. The van der Waals surface area contributed by atoms with Gasteiger partial charge in [-0.25, -0.2) is 9.37 Å². The second-order valence-electron chi connectivity index (χ2n) is 5.76. The zero-order valence-electron chi connectivity index (χ0n) is 14.9. The van der Waals surface area contributed by atoms with E-state index in [1.165, 1.54) is 30.2 Å². The van der Waals surface area contributed by atoms with Crippen LogP contribution >= 0.6 is 11.8 Å². The third kappa shape index (κ3) is 5.43. The Hall–Kier alpha value is -3.13. The molecule has 0 atom stereocenters. The van der Waals surface area contributed by atoms with Crippen molar-refractivity contribution in [1.82, 2.24) is 15.6 Å².